The van der Waals surface area contributed by atoms with Gasteiger partial charge in [0.2, 0.25) is 5.91 Å². The van der Waals surface area contributed by atoms with Gasteiger partial charge in [0.15, 0.2) is 0 Å². The molecule has 3 nitrogen and oxygen atoms in total. The van der Waals surface area contributed by atoms with Gasteiger partial charge in [-0.2, -0.15) is 0 Å². The average Bonchev–Trinajstić information content (AvgIpc) is 2.57. The average molecular weight is 197 g/mol. The Bertz CT molecular complexity index is 221. The van der Waals surface area contributed by atoms with Crippen LogP contribution in [-0.4, -0.2) is 34.6 Å². The number of likely N-dealkylation sites (tertiary alicyclic amines) is 1. The van der Waals surface area contributed by atoms with Gasteiger partial charge in [-0.25, -0.2) is 0 Å². The van der Waals surface area contributed by atoms with Crippen molar-refractivity contribution in [2.24, 2.45) is 0 Å². The zero-order chi connectivity index (χ0) is 10.0. The Morgan fingerprint density at radius 1 is 1.21 bits per heavy atom. The summed E-state index contributed by atoms with van der Waals surface area (Å²) in [6, 6.07) is 0. The summed E-state index contributed by atoms with van der Waals surface area (Å²) >= 11 is 0. The third-order valence-electron chi connectivity index (χ3n) is 3.44. The Kier molecular flexibility index (Phi) is 2.77. The third-order valence-corrected chi connectivity index (χ3v) is 3.44. The van der Waals surface area contributed by atoms with Crippen LogP contribution in [0.2, 0.25) is 0 Å². The van der Waals surface area contributed by atoms with Crippen LogP contribution >= 0.6 is 0 Å². The number of β-amino-alcohol motifs (C(OH)–C–C–N with tert-alkyl or cyclic N) is 1. The number of aliphatic hydroxyl groups is 1. The third kappa shape index (κ3) is 2.08. The highest BCUT2D eigenvalue weighted by atomic mass is 16.3. The van der Waals surface area contributed by atoms with Crippen molar-refractivity contribution in [1.29, 1.82) is 0 Å². The van der Waals surface area contributed by atoms with Gasteiger partial charge in [0, 0.05) is 19.5 Å². The number of carbonyl (C=O) groups is 1. The number of nitrogens with zero attached hydrogens (tertiary/aromatic N) is 1. The van der Waals surface area contributed by atoms with E-state index in [0.717, 1.165) is 45.1 Å². The van der Waals surface area contributed by atoms with E-state index >= 15 is 0 Å². The van der Waals surface area contributed by atoms with E-state index in [-0.39, 0.29) is 5.91 Å². The molecule has 0 spiro atoms. The molecule has 0 aromatic carbocycles. The number of piperidine rings is 1. The van der Waals surface area contributed by atoms with Crippen molar-refractivity contribution in [3.63, 3.8) is 0 Å². The molecule has 0 aromatic heterocycles. The van der Waals surface area contributed by atoms with E-state index in [1.807, 2.05) is 4.90 Å². The van der Waals surface area contributed by atoms with E-state index in [1.54, 1.807) is 0 Å². The van der Waals surface area contributed by atoms with Crippen LogP contribution in [0.3, 0.4) is 0 Å². The molecule has 0 bridgehead atoms. The molecule has 1 saturated carbocycles. The Morgan fingerprint density at radius 2 is 1.93 bits per heavy atom. The first-order valence-electron chi connectivity index (χ1n) is 5.70. The van der Waals surface area contributed by atoms with E-state index in [9.17, 15) is 9.90 Å². The predicted molar refractivity (Wildman–Crippen MR) is 53.8 cm³/mol. The molecule has 1 amide bonds. The Labute approximate surface area is 85.1 Å². The van der Waals surface area contributed by atoms with Crippen LogP contribution in [0.25, 0.3) is 0 Å². The lowest BCUT2D eigenvalue weighted by atomic mass is 10.00. The van der Waals surface area contributed by atoms with Crippen LogP contribution in [0, 0.1) is 0 Å². The van der Waals surface area contributed by atoms with E-state index in [1.165, 1.54) is 0 Å². The zero-order valence-corrected chi connectivity index (χ0v) is 8.67. The smallest absolute Gasteiger partial charge is 0.222 e. The van der Waals surface area contributed by atoms with Gasteiger partial charge < -0.3 is 10.0 Å². The van der Waals surface area contributed by atoms with Gasteiger partial charge >= 0.3 is 0 Å². The molecule has 1 aliphatic heterocycles. The SMILES string of the molecule is O=C1CCCCN1CC1(O)CCCC1. The standard InChI is InChI=1S/C11H19NO2/c13-10-5-1-4-8-12(10)9-11(14)6-2-3-7-11/h14H,1-9H2. The molecule has 0 unspecified atom stereocenters. The van der Waals surface area contributed by atoms with Crippen molar-refractivity contribution >= 4 is 5.91 Å². The summed E-state index contributed by atoms with van der Waals surface area (Å²) in [5, 5.41) is 10.2. The van der Waals surface area contributed by atoms with Gasteiger partial charge in [0.1, 0.15) is 0 Å². The number of hydrogen-bond acceptors (Lipinski definition) is 2. The molecular formula is C11H19NO2. The molecule has 3 heteroatoms. The monoisotopic (exact) mass is 197 g/mol. The summed E-state index contributed by atoms with van der Waals surface area (Å²) in [5.41, 5.74) is -0.562. The summed E-state index contributed by atoms with van der Waals surface area (Å²) in [7, 11) is 0. The molecule has 1 saturated heterocycles. The maximum Gasteiger partial charge on any atom is 0.222 e. The molecule has 0 atom stereocenters. The second-order valence-electron chi connectivity index (χ2n) is 4.70. The maximum absolute atomic E-state index is 11.5. The highest BCUT2D eigenvalue weighted by molar-refractivity contribution is 5.76. The second kappa shape index (κ2) is 3.89. The number of hydrogen-bond donors (Lipinski definition) is 1. The first-order chi connectivity index (χ1) is 6.70. The van der Waals surface area contributed by atoms with Crippen molar-refractivity contribution in [2.75, 3.05) is 13.1 Å². The van der Waals surface area contributed by atoms with Crippen molar-refractivity contribution in [3.8, 4) is 0 Å². The largest absolute Gasteiger partial charge is 0.388 e. The van der Waals surface area contributed by atoms with Gasteiger partial charge in [-0.15, -0.1) is 0 Å². The summed E-state index contributed by atoms with van der Waals surface area (Å²) in [6.07, 6.45) is 6.76. The maximum atomic E-state index is 11.5. The lowest BCUT2D eigenvalue weighted by molar-refractivity contribution is -0.137. The fourth-order valence-corrected chi connectivity index (χ4v) is 2.58. The Balaban J connectivity index is 1.91. The van der Waals surface area contributed by atoms with Gasteiger partial charge in [0.25, 0.3) is 0 Å². The molecule has 2 rings (SSSR count). The van der Waals surface area contributed by atoms with Crippen LogP contribution < -0.4 is 0 Å². The lowest BCUT2D eigenvalue weighted by Crippen LogP contribution is -2.46. The second-order valence-corrected chi connectivity index (χ2v) is 4.70. The number of amides is 1. The van der Waals surface area contributed by atoms with Crippen LogP contribution in [0.15, 0.2) is 0 Å². The lowest BCUT2D eigenvalue weighted by Gasteiger charge is -2.33. The van der Waals surface area contributed by atoms with Crippen molar-refractivity contribution in [1.82, 2.24) is 4.90 Å². The minimum absolute atomic E-state index is 0.233. The molecule has 2 fully saturated rings. The molecule has 1 N–H and O–H groups in total. The van der Waals surface area contributed by atoms with Gasteiger partial charge in [-0.1, -0.05) is 12.8 Å². The predicted octanol–water partition coefficient (Wildman–Crippen LogP) is 1.30. The topological polar surface area (TPSA) is 40.5 Å². The Morgan fingerprint density at radius 3 is 2.57 bits per heavy atom. The van der Waals surface area contributed by atoms with Crippen molar-refractivity contribution in [2.45, 2.75) is 50.5 Å². The van der Waals surface area contributed by atoms with E-state index in [0.29, 0.717) is 13.0 Å². The van der Waals surface area contributed by atoms with Crippen LogP contribution in [0.5, 0.6) is 0 Å². The van der Waals surface area contributed by atoms with Gasteiger partial charge in [-0.3, -0.25) is 4.79 Å². The summed E-state index contributed by atoms with van der Waals surface area (Å²) < 4.78 is 0. The fourth-order valence-electron chi connectivity index (χ4n) is 2.58. The van der Waals surface area contributed by atoms with Crippen LogP contribution in [0.4, 0.5) is 0 Å². The Hall–Kier alpha value is -0.570. The summed E-state index contributed by atoms with van der Waals surface area (Å²) in [4.78, 5) is 13.4. The van der Waals surface area contributed by atoms with Crippen molar-refractivity contribution in [3.05, 3.63) is 0 Å². The molecule has 80 valence electrons. The first kappa shape index (κ1) is 9.97. The molecule has 1 heterocycles. The normalized spacial score (nSPS) is 26.9. The summed E-state index contributed by atoms with van der Waals surface area (Å²) in [5.74, 6) is 0.233. The van der Waals surface area contributed by atoms with Gasteiger partial charge in [-0.05, 0) is 25.7 Å². The molecule has 14 heavy (non-hydrogen) atoms. The quantitative estimate of drug-likeness (QED) is 0.725. The van der Waals surface area contributed by atoms with Crippen LogP contribution in [0.1, 0.15) is 44.9 Å². The highest BCUT2D eigenvalue weighted by Crippen LogP contribution is 2.31. The molecule has 0 radical (unpaired) electrons. The van der Waals surface area contributed by atoms with Crippen LogP contribution in [-0.2, 0) is 4.79 Å². The fraction of sp³-hybridized carbons (Fsp3) is 0.909. The van der Waals surface area contributed by atoms with E-state index in [4.69, 9.17) is 0 Å². The minimum atomic E-state index is -0.562. The van der Waals surface area contributed by atoms with E-state index < -0.39 is 5.60 Å². The summed E-state index contributed by atoms with van der Waals surface area (Å²) in [6.45, 7) is 1.42. The van der Waals surface area contributed by atoms with Gasteiger partial charge in [0.05, 0.1) is 5.60 Å². The molecule has 0 aromatic rings. The zero-order valence-electron chi connectivity index (χ0n) is 8.67. The first-order valence-corrected chi connectivity index (χ1v) is 5.70. The minimum Gasteiger partial charge on any atom is -0.388 e. The molecule has 1 aliphatic carbocycles. The molecular weight excluding hydrogens is 178 g/mol. The van der Waals surface area contributed by atoms with Crippen molar-refractivity contribution < 1.29 is 9.90 Å². The molecule has 2 aliphatic rings. The van der Waals surface area contributed by atoms with E-state index in [2.05, 4.69) is 0 Å². The number of carbonyl (C=O) groups excluding carboxylic acids is 1. The highest BCUT2D eigenvalue weighted by Gasteiger charge is 2.34. The number of rotatable bonds is 2.